The van der Waals surface area contributed by atoms with Crippen LogP contribution in [0.15, 0.2) is 48.5 Å². The fourth-order valence-corrected chi connectivity index (χ4v) is 2.83. The fourth-order valence-electron chi connectivity index (χ4n) is 2.83. The number of rotatable bonds is 5. The first kappa shape index (κ1) is 13.7. The lowest BCUT2D eigenvalue weighted by atomic mass is 9.87. The van der Waals surface area contributed by atoms with Crippen molar-refractivity contribution in [3.05, 3.63) is 65.2 Å². The topological polar surface area (TPSA) is 52.3 Å². The molecule has 1 unspecified atom stereocenters. The molecule has 1 aliphatic rings. The third-order valence-electron chi connectivity index (χ3n) is 4.12. The van der Waals surface area contributed by atoms with Crippen LogP contribution in [0.2, 0.25) is 0 Å². The lowest BCUT2D eigenvalue weighted by Gasteiger charge is -2.18. The quantitative estimate of drug-likeness (QED) is 0.914. The highest BCUT2D eigenvalue weighted by atomic mass is 16.5. The Hall–Kier alpha value is -2.29. The van der Waals surface area contributed by atoms with Gasteiger partial charge in [-0.05, 0) is 54.2 Å². The Labute approximate surface area is 124 Å². The van der Waals surface area contributed by atoms with Crippen LogP contribution in [-0.2, 0) is 0 Å². The van der Waals surface area contributed by atoms with E-state index in [9.17, 15) is 4.79 Å². The molecular formula is C18H19NO2. The smallest absolute Gasteiger partial charge is 0.248 e. The molecule has 2 N–H and O–H groups in total. The van der Waals surface area contributed by atoms with E-state index in [1.165, 1.54) is 24.0 Å². The van der Waals surface area contributed by atoms with E-state index in [1.54, 1.807) is 7.11 Å². The lowest BCUT2D eigenvalue weighted by molar-refractivity contribution is 0.100. The SMILES string of the molecule is COc1ccc(C(c2ccc(C(N)=O)cc2)C2CC2)cc1. The Morgan fingerprint density at radius 3 is 2.00 bits per heavy atom. The lowest BCUT2D eigenvalue weighted by Crippen LogP contribution is -2.11. The van der Waals surface area contributed by atoms with Crippen molar-refractivity contribution >= 4 is 5.91 Å². The number of benzene rings is 2. The minimum atomic E-state index is -0.381. The van der Waals surface area contributed by atoms with Crippen LogP contribution in [0.1, 0.15) is 40.2 Å². The van der Waals surface area contributed by atoms with Gasteiger partial charge in [0.2, 0.25) is 5.91 Å². The zero-order chi connectivity index (χ0) is 14.8. The molecule has 1 fully saturated rings. The Bertz CT molecular complexity index is 627. The second-order valence-electron chi connectivity index (χ2n) is 5.57. The van der Waals surface area contributed by atoms with Crippen molar-refractivity contribution < 1.29 is 9.53 Å². The summed E-state index contributed by atoms with van der Waals surface area (Å²) < 4.78 is 5.22. The minimum absolute atomic E-state index is 0.381. The summed E-state index contributed by atoms with van der Waals surface area (Å²) in [5, 5.41) is 0. The highest BCUT2D eigenvalue weighted by molar-refractivity contribution is 5.92. The second-order valence-corrected chi connectivity index (χ2v) is 5.57. The monoisotopic (exact) mass is 281 g/mol. The van der Waals surface area contributed by atoms with Crippen molar-refractivity contribution in [2.24, 2.45) is 11.7 Å². The third-order valence-corrected chi connectivity index (χ3v) is 4.12. The van der Waals surface area contributed by atoms with E-state index in [1.807, 2.05) is 36.4 Å². The van der Waals surface area contributed by atoms with Crippen LogP contribution in [-0.4, -0.2) is 13.0 Å². The van der Waals surface area contributed by atoms with Gasteiger partial charge >= 0.3 is 0 Å². The van der Waals surface area contributed by atoms with Crippen LogP contribution in [0, 0.1) is 5.92 Å². The number of nitrogens with two attached hydrogens (primary N) is 1. The largest absolute Gasteiger partial charge is 0.497 e. The van der Waals surface area contributed by atoms with Crippen LogP contribution >= 0.6 is 0 Å². The highest BCUT2D eigenvalue weighted by Crippen LogP contribution is 2.46. The van der Waals surface area contributed by atoms with Gasteiger partial charge in [0.05, 0.1) is 7.11 Å². The molecule has 0 aromatic heterocycles. The molecule has 1 saturated carbocycles. The molecule has 2 aromatic carbocycles. The summed E-state index contributed by atoms with van der Waals surface area (Å²) >= 11 is 0. The Morgan fingerprint density at radius 2 is 1.57 bits per heavy atom. The Morgan fingerprint density at radius 1 is 1.05 bits per heavy atom. The van der Waals surface area contributed by atoms with Gasteiger partial charge in [-0.25, -0.2) is 0 Å². The average Bonchev–Trinajstić information content (AvgIpc) is 3.33. The number of carbonyl (C=O) groups is 1. The molecule has 1 amide bonds. The van der Waals surface area contributed by atoms with E-state index in [0.717, 1.165) is 5.75 Å². The molecule has 1 aliphatic carbocycles. The molecule has 0 radical (unpaired) electrons. The standard InChI is InChI=1S/C18H19NO2/c1-21-16-10-8-14(9-11-16)17(12-2-3-12)13-4-6-15(7-5-13)18(19)20/h4-12,17H,2-3H2,1H3,(H2,19,20). The van der Waals surface area contributed by atoms with Crippen molar-refractivity contribution in [3.63, 3.8) is 0 Å². The molecule has 3 nitrogen and oxygen atoms in total. The number of hydrogen-bond acceptors (Lipinski definition) is 2. The number of ether oxygens (including phenoxy) is 1. The summed E-state index contributed by atoms with van der Waals surface area (Å²) in [6.45, 7) is 0. The van der Waals surface area contributed by atoms with Crippen molar-refractivity contribution in [1.29, 1.82) is 0 Å². The molecule has 0 aliphatic heterocycles. The first-order valence-corrected chi connectivity index (χ1v) is 7.23. The van der Waals surface area contributed by atoms with E-state index in [2.05, 4.69) is 12.1 Å². The van der Waals surface area contributed by atoms with E-state index in [0.29, 0.717) is 17.4 Å². The van der Waals surface area contributed by atoms with E-state index < -0.39 is 0 Å². The zero-order valence-electron chi connectivity index (χ0n) is 12.1. The van der Waals surface area contributed by atoms with E-state index >= 15 is 0 Å². The van der Waals surface area contributed by atoms with E-state index in [4.69, 9.17) is 10.5 Å². The van der Waals surface area contributed by atoms with Gasteiger partial charge in [-0.3, -0.25) is 4.79 Å². The maximum Gasteiger partial charge on any atom is 0.248 e. The normalized spacial score (nSPS) is 15.5. The maximum absolute atomic E-state index is 11.2. The number of primary amides is 1. The van der Waals surface area contributed by atoms with Gasteiger partial charge in [0.1, 0.15) is 5.75 Å². The van der Waals surface area contributed by atoms with Gasteiger partial charge in [0, 0.05) is 11.5 Å². The zero-order valence-corrected chi connectivity index (χ0v) is 12.1. The minimum Gasteiger partial charge on any atom is -0.497 e. The molecule has 3 rings (SSSR count). The van der Waals surface area contributed by atoms with Crippen LogP contribution in [0.4, 0.5) is 0 Å². The molecule has 0 saturated heterocycles. The third kappa shape index (κ3) is 2.92. The molecule has 0 heterocycles. The van der Waals surface area contributed by atoms with Crippen molar-refractivity contribution in [2.45, 2.75) is 18.8 Å². The van der Waals surface area contributed by atoms with Gasteiger partial charge < -0.3 is 10.5 Å². The van der Waals surface area contributed by atoms with Crippen LogP contribution in [0.3, 0.4) is 0 Å². The summed E-state index contributed by atoms with van der Waals surface area (Å²) in [6.07, 6.45) is 2.52. The Balaban J connectivity index is 1.91. The Kier molecular flexibility index (Phi) is 3.65. The van der Waals surface area contributed by atoms with Crippen LogP contribution < -0.4 is 10.5 Å². The van der Waals surface area contributed by atoms with Gasteiger partial charge in [-0.1, -0.05) is 24.3 Å². The van der Waals surface area contributed by atoms with Crippen molar-refractivity contribution in [2.75, 3.05) is 7.11 Å². The molecular weight excluding hydrogens is 262 g/mol. The predicted octanol–water partition coefficient (Wildman–Crippen LogP) is 3.34. The number of amides is 1. The van der Waals surface area contributed by atoms with Gasteiger partial charge in [0.25, 0.3) is 0 Å². The number of methoxy groups -OCH3 is 1. The molecule has 3 heteroatoms. The number of carbonyl (C=O) groups excluding carboxylic acids is 1. The molecule has 108 valence electrons. The van der Waals surface area contributed by atoms with Gasteiger partial charge in [-0.2, -0.15) is 0 Å². The number of hydrogen-bond donors (Lipinski definition) is 1. The molecule has 0 spiro atoms. The summed E-state index contributed by atoms with van der Waals surface area (Å²) in [4.78, 5) is 11.2. The molecule has 2 aromatic rings. The summed E-state index contributed by atoms with van der Waals surface area (Å²) in [5.41, 5.74) is 8.40. The molecule has 1 atom stereocenters. The first-order chi connectivity index (χ1) is 10.2. The van der Waals surface area contributed by atoms with Crippen LogP contribution in [0.5, 0.6) is 5.75 Å². The fraction of sp³-hybridized carbons (Fsp3) is 0.278. The molecule has 21 heavy (non-hydrogen) atoms. The summed E-state index contributed by atoms with van der Waals surface area (Å²) in [5.74, 6) is 1.57. The maximum atomic E-state index is 11.2. The van der Waals surface area contributed by atoms with Gasteiger partial charge in [-0.15, -0.1) is 0 Å². The van der Waals surface area contributed by atoms with E-state index in [-0.39, 0.29) is 5.91 Å². The first-order valence-electron chi connectivity index (χ1n) is 7.23. The highest BCUT2D eigenvalue weighted by Gasteiger charge is 2.33. The van der Waals surface area contributed by atoms with Gasteiger partial charge in [0.15, 0.2) is 0 Å². The summed E-state index contributed by atoms with van der Waals surface area (Å²) in [6, 6.07) is 15.9. The molecule has 0 bridgehead atoms. The van der Waals surface area contributed by atoms with Crippen molar-refractivity contribution in [1.82, 2.24) is 0 Å². The predicted molar refractivity (Wildman–Crippen MR) is 82.5 cm³/mol. The van der Waals surface area contributed by atoms with Crippen LogP contribution in [0.25, 0.3) is 0 Å². The second kappa shape index (κ2) is 5.60. The van der Waals surface area contributed by atoms with Crippen molar-refractivity contribution in [3.8, 4) is 5.75 Å². The average molecular weight is 281 g/mol. The summed E-state index contributed by atoms with van der Waals surface area (Å²) in [7, 11) is 1.68.